The molecule has 0 aliphatic heterocycles. The number of carboxylic acid groups (broad SMARTS) is 1. The van der Waals surface area contributed by atoms with E-state index >= 15 is 0 Å². The fraction of sp³-hybridized carbons (Fsp3) is 0.922. The lowest BCUT2D eigenvalue weighted by Crippen LogP contribution is -2.44. The van der Waals surface area contributed by atoms with Crippen LogP contribution in [0.5, 0.6) is 0 Å². The van der Waals surface area contributed by atoms with Crippen molar-refractivity contribution in [3.05, 3.63) is 12.2 Å². The van der Waals surface area contributed by atoms with E-state index < -0.39 is 24.3 Å². The van der Waals surface area contributed by atoms with Crippen molar-refractivity contribution in [1.29, 1.82) is 0 Å². The molecule has 0 saturated carbocycles. The second-order valence-corrected chi connectivity index (χ2v) is 23.1. The van der Waals surface area contributed by atoms with E-state index in [1.54, 1.807) is 0 Å². The average Bonchev–Trinajstić information content (AvgIpc) is 3.36. The first kappa shape index (κ1) is 71.0. The number of ether oxygens (including phenoxy) is 4. The fourth-order valence-electron chi connectivity index (χ4n) is 9.59. The number of carbonyl (C=O) groups excluding carboxylic acids is 3. The Morgan fingerprint density at radius 1 is 0.397 bits per heavy atom. The zero-order valence-corrected chi connectivity index (χ0v) is 49.3. The molecule has 0 rings (SSSR count). The molecule has 9 nitrogen and oxygen atoms in total. The van der Waals surface area contributed by atoms with Crippen molar-refractivity contribution in [2.24, 2.45) is 0 Å². The van der Waals surface area contributed by atoms with Crippen LogP contribution in [-0.4, -0.2) is 82.3 Å². The monoisotopic (exact) mass is 1030 g/mol. The smallest absolute Gasteiger partial charge is 0.306 e. The second-order valence-electron chi connectivity index (χ2n) is 23.1. The molecule has 0 radical (unpaired) electrons. The zero-order chi connectivity index (χ0) is 53.4. The highest BCUT2D eigenvalue weighted by atomic mass is 16.7. The Morgan fingerprint density at radius 2 is 0.699 bits per heavy atom. The molecule has 0 aromatic heterocycles. The summed E-state index contributed by atoms with van der Waals surface area (Å²) in [6.45, 7) is 4.79. The summed E-state index contributed by atoms with van der Waals surface area (Å²) < 4.78 is 22.7. The summed E-state index contributed by atoms with van der Waals surface area (Å²) in [6.07, 6.45) is 63.0. The van der Waals surface area contributed by atoms with Gasteiger partial charge < -0.3 is 33.3 Å². The minimum atomic E-state index is -1.62. The molecule has 0 amide bonds. The molecule has 0 N–H and O–H groups in total. The highest BCUT2D eigenvalue weighted by Gasteiger charge is 2.22. The van der Waals surface area contributed by atoms with E-state index in [1.807, 2.05) is 21.1 Å². The van der Waals surface area contributed by atoms with E-state index in [1.165, 1.54) is 238 Å². The average molecular weight is 1030 g/mol. The molecule has 9 heteroatoms. The molecule has 0 aliphatic rings. The van der Waals surface area contributed by atoms with Crippen LogP contribution in [-0.2, 0) is 33.3 Å². The van der Waals surface area contributed by atoms with Crippen LogP contribution in [0.25, 0.3) is 0 Å². The molecule has 0 saturated heterocycles. The van der Waals surface area contributed by atoms with Gasteiger partial charge in [0.15, 0.2) is 12.4 Å². The van der Waals surface area contributed by atoms with Gasteiger partial charge in [-0.05, 0) is 38.5 Å². The predicted octanol–water partition coefficient (Wildman–Crippen LogP) is 17.6. The van der Waals surface area contributed by atoms with Crippen LogP contribution in [0, 0.1) is 0 Å². The number of unbranched alkanes of at least 4 members (excludes halogenated alkanes) is 43. The minimum Gasteiger partial charge on any atom is -0.545 e. The zero-order valence-electron chi connectivity index (χ0n) is 49.3. The first-order chi connectivity index (χ1) is 35.6. The summed E-state index contributed by atoms with van der Waals surface area (Å²) in [5.41, 5.74) is 0. The van der Waals surface area contributed by atoms with Gasteiger partial charge in [-0.25, -0.2) is 0 Å². The molecule has 73 heavy (non-hydrogen) atoms. The topological polar surface area (TPSA) is 111 Å². The number of carbonyl (C=O) groups is 3. The molecule has 0 fully saturated rings. The van der Waals surface area contributed by atoms with Gasteiger partial charge in [-0.2, -0.15) is 0 Å². The van der Waals surface area contributed by atoms with Crippen molar-refractivity contribution in [2.45, 2.75) is 334 Å². The maximum Gasteiger partial charge on any atom is 0.306 e. The molecule has 2 unspecified atom stereocenters. The summed E-state index contributed by atoms with van der Waals surface area (Å²) >= 11 is 0. The lowest BCUT2D eigenvalue weighted by atomic mass is 10.0. The Hall–Kier alpha value is -1.97. The SMILES string of the molecule is CCCCCCCC/C=C\CCCCCCCC(=O)OC(COC(=O)CCCCCCCCCCCCCCCCCCCCCCCCCCCCCCCCCCC)COC(OCC[N+](C)(C)C)C(=O)[O-]. The number of hydrogen-bond donors (Lipinski definition) is 0. The Kier molecular flexibility index (Phi) is 54.7. The van der Waals surface area contributed by atoms with Crippen molar-refractivity contribution in [3.63, 3.8) is 0 Å². The van der Waals surface area contributed by atoms with Crippen LogP contribution in [0.1, 0.15) is 322 Å². The van der Waals surface area contributed by atoms with E-state index in [2.05, 4.69) is 26.0 Å². The number of hydrogen-bond acceptors (Lipinski definition) is 8. The third-order valence-electron chi connectivity index (χ3n) is 14.5. The summed E-state index contributed by atoms with van der Waals surface area (Å²) in [5.74, 6) is -2.27. The van der Waals surface area contributed by atoms with Crippen LogP contribution in [0.15, 0.2) is 12.2 Å². The summed E-state index contributed by atoms with van der Waals surface area (Å²) in [6, 6.07) is 0. The summed E-state index contributed by atoms with van der Waals surface area (Å²) in [4.78, 5) is 37.3. The van der Waals surface area contributed by atoms with Crippen molar-refractivity contribution in [3.8, 4) is 0 Å². The van der Waals surface area contributed by atoms with E-state index in [4.69, 9.17) is 18.9 Å². The highest BCUT2D eigenvalue weighted by molar-refractivity contribution is 5.70. The van der Waals surface area contributed by atoms with Gasteiger partial charge in [0.2, 0.25) is 0 Å². The number of likely N-dealkylation sites (N-methyl/N-ethyl adjacent to an activating group) is 1. The van der Waals surface area contributed by atoms with Gasteiger partial charge in [0.1, 0.15) is 13.2 Å². The van der Waals surface area contributed by atoms with Crippen molar-refractivity contribution in [1.82, 2.24) is 0 Å². The van der Waals surface area contributed by atoms with E-state index in [9.17, 15) is 19.5 Å². The van der Waals surface area contributed by atoms with Crippen molar-refractivity contribution in [2.75, 3.05) is 47.5 Å². The van der Waals surface area contributed by atoms with Crippen LogP contribution < -0.4 is 5.11 Å². The number of aliphatic carboxylic acids is 1. The number of rotatable bonds is 60. The van der Waals surface area contributed by atoms with E-state index in [-0.39, 0.29) is 32.2 Å². The molecule has 0 heterocycles. The Morgan fingerprint density at radius 3 is 1.01 bits per heavy atom. The van der Waals surface area contributed by atoms with Crippen LogP contribution in [0.3, 0.4) is 0 Å². The molecular formula is C64H123NO8. The molecule has 0 aromatic carbocycles. The molecule has 432 valence electrons. The lowest BCUT2D eigenvalue weighted by Gasteiger charge is -2.26. The second kappa shape index (κ2) is 56.2. The molecule has 0 bridgehead atoms. The van der Waals surface area contributed by atoms with Crippen molar-refractivity contribution >= 4 is 17.9 Å². The van der Waals surface area contributed by atoms with Crippen LogP contribution >= 0.6 is 0 Å². The van der Waals surface area contributed by atoms with Crippen LogP contribution in [0.2, 0.25) is 0 Å². The Labute approximate surface area is 453 Å². The number of carboxylic acids is 1. The van der Waals surface area contributed by atoms with Gasteiger partial charge in [0.05, 0.1) is 40.3 Å². The van der Waals surface area contributed by atoms with Crippen molar-refractivity contribution < 1.29 is 42.9 Å². The molecule has 0 aliphatic carbocycles. The molecule has 0 spiro atoms. The van der Waals surface area contributed by atoms with Gasteiger partial charge in [-0.15, -0.1) is 0 Å². The van der Waals surface area contributed by atoms with Crippen LogP contribution in [0.4, 0.5) is 0 Å². The van der Waals surface area contributed by atoms with Gasteiger partial charge in [-0.1, -0.05) is 283 Å². The number of quaternary nitrogens is 1. The summed E-state index contributed by atoms with van der Waals surface area (Å²) in [7, 11) is 5.93. The first-order valence-corrected chi connectivity index (χ1v) is 31.8. The molecule has 0 aromatic rings. The largest absolute Gasteiger partial charge is 0.545 e. The quantitative estimate of drug-likeness (QED) is 0.0195. The number of allylic oxidation sites excluding steroid dienone is 2. The first-order valence-electron chi connectivity index (χ1n) is 31.8. The normalized spacial score (nSPS) is 12.7. The maximum absolute atomic E-state index is 12.8. The Balaban J connectivity index is 3.99. The standard InChI is InChI=1S/C64H123NO8/c1-6-8-10-12-14-16-18-20-22-23-24-25-26-27-28-29-30-31-32-33-34-35-36-37-38-39-41-42-44-46-48-50-52-54-61(66)71-58-60(59-72-64(63(68)69)70-57-56-65(3,4)5)73-62(67)55-53-51-49-47-45-43-40-21-19-17-15-13-11-9-7-2/h21,40,60,64H,6-20,22-39,41-59H2,1-5H3/b40-21-. The Bertz CT molecular complexity index is 1200. The number of nitrogens with zero attached hydrogens (tertiary/aromatic N) is 1. The predicted molar refractivity (Wildman–Crippen MR) is 307 cm³/mol. The minimum absolute atomic E-state index is 0.150. The third kappa shape index (κ3) is 57.6. The van der Waals surface area contributed by atoms with Gasteiger partial charge >= 0.3 is 11.9 Å². The van der Waals surface area contributed by atoms with E-state index in [0.29, 0.717) is 23.9 Å². The fourth-order valence-corrected chi connectivity index (χ4v) is 9.59. The van der Waals surface area contributed by atoms with Gasteiger partial charge in [0, 0.05) is 12.8 Å². The number of esters is 2. The maximum atomic E-state index is 12.8. The summed E-state index contributed by atoms with van der Waals surface area (Å²) in [5, 5.41) is 11.8. The highest BCUT2D eigenvalue weighted by Crippen LogP contribution is 2.18. The van der Waals surface area contributed by atoms with Gasteiger partial charge in [-0.3, -0.25) is 9.59 Å². The lowest BCUT2D eigenvalue weighted by molar-refractivity contribution is -0.870. The third-order valence-corrected chi connectivity index (χ3v) is 14.5. The van der Waals surface area contributed by atoms with Gasteiger partial charge in [0.25, 0.3) is 0 Å². The van der Waals surface area contributed by atoms with E-state index in [0.717, 1.165) is 51.4 Å². The molecule has 2 atom stereocenters. The molecular weight excluding hydrogens is 911 g/mol.